The predicted octanol–water partition coefficient (Wildman–Crippen LogP) is 4.19. The summed E-state index contributed by atoms with van der Waals surface area (Å²) in [5.41, 5.74) is 2.13. The molecule has 6 nitrogen and oxygen atoms in total. The number of fused-ring (bicyclic) bond motifs is 1. The number of aryl methyl sites for hydroxylation is 1. The molecule has 2 aromatic rings. The zero-order valence-corrected chi connectivity index (χ0v) is 17.3. The highest BCUT2D eigenvalue weighted by Crippen LogP contribution is 2.35. The summed E-state index contributed by atoms with van der Waals surface area (Å²) in [6, 6.07) is 13.5. The van der Waals surface area contributed by atoms with E-state index in [0.29, 0.717) is 6.54 Å². The van der Waals surface area contributed by atoms with E-state index in [0.717, 1.165) is 16.7 Å². The Morgan fingerprint density at radius 2 is 1.75 bits per heavy atom. The third-order valence-electron chi connectivity index (χ3n) is 4.45. The molecular formula is C21H25NO5S. The third-order valence-corrected chi connectivity index (χ3v) is 5.75. The molecule has 1 aliphatic rings. The number of nitrogens with zero attached hydrogens (tertiary/aromatic N) is 1. The second kappa shape index (κ2) is 7.56. The van der Waals surface area contributed by atoms with Crippen LogP contribution in [0.4, 0.5) is 4.79 Å². The maximum absolute atomic E-state index is 12.7. The number of hydrogen-bond acceptors (Lipinski definition) is 5. The van der Waals surface area contributed by atoms with Gasteiger partial charge in [-0.1, -0.05) is 42.0 Å². The van der Waals surface area contributed by atoms with Crippen LogP contribution in [0.1, 0.15) is 43.5 Å². The minimum Gasteiger partial charge on any atom is -0.444 e. The molecule has 0 saturated carbocycles. The van der Waals surface area contributed by atoms with Crippen LogP contribution in [0.25, 0.3) is 0 Å². The van der Waals surface area contributed by atoms with E-state index in [-0.39, 0.29) is 11.5 Å². The summed E-state index contributed by atoms with van der Waals surface area (Å²) in [6.45, 7) is 7.44. The van der Waals surface area contributed by atoms with Crippen LogP contribution in [0.15, 0.2) is 53.4 Å². The molecule has 28 heavy (non-hydrogen) atoms. The Bertz CT molecular complexity index is 961. The largest absolute Gasteiger partial charge is 0.444 e. The smallest absolute Gasteiger partial charge is 0.411 e. The lowest BCUT2D eigenvalue weighted by atomic mass is 10.1. The highest BCUT2D eigenvalue weighted by molar-refractivity contribution is 7.86. The van der Waals surface area contributed by atoms with Crippen molar-refractivity contribution in [2.24, 2.45) is 0 Å². The van der Waals surface area contributed by atoms with Gasteiger partial charge in [-0.15, -0.1) is 0 Å². The fourth-order valence-electron chi connectivity index (χ4n) is 3.08. The van der Waals surface area contributed by atoms with Crippen molar-refractivity contribution in [1.82, 2.24) is 4.90 Å². The fourth-order valence-corrected chi connectivity index (χ4v) is 4.00. The Morgan fingerprint density at radius 3 is 2.39 bits per heavy atom. The van der Waals surface area contributed by atoms with E-state index in [1.807, 2.05) is 31.2 Å². The molecule has 2 aromatic carbocycles. The molecular weight excluding hydrogens is 378 g/mol. The van der Waals surface area contributed by atoms with E-state index in [9.17, 15) is 13.2 Å². The minimum atomic E-state index is -3.93. The summed E-state index contributed by atoms with van der Waals surface area (Å²) in [7, 11) is -3.93. The van der Waals surface area contributed by atoms with Crippen molar-refractivity contribution in [3.8, 4) is 0 Å². The Kier molecular flexibility index (Phi) is 5.50. The zero-order valence-electron chi connectivity index (χ0n) is 16.5. The van der Waals surface area contributed by atoms with Crippen LogP contribution in [0.5, 0.6) is 0 Å². The molecule has 0 radical (unpaired) electrons. The fraction of sp³-hybridized carbons (Fsp3) is 0.381. The Labute approximate surface area is 166 Å². The van der Waals surface area contributed by atoms with Crippen LogP contribution in [0.3, 0.4) is 0 Å². The van der Waals surface area contributed by atoms with Gasteiger partial charge in [0.2, 0.25) is 0 Å². The number of carbonyl (C=O) groups excluding carboxylic acids is 1. The number of hydrogen-bond donors (Lipinski definition) is 0. The maximum atomic E-state index is 12.7. The van der Waals surface area contributed by atoms with Crippen molar-refractivity contribution in [3.63, 3.8) is 0 Å². The van der Waals surface area contributed by atoms with Crippen LogP contribution in [-0.2, 0) is 25.6 Å². The van der Waals surface area contributed by atoms with Gasteiger partial charge in [0.25, 0.3) is 10.1 Å². The number of ether oxygens (including phenoxy) is 1. The molecule has 0 spiro atoms. The van der Waals surface area contributed by atoms with E-state index in [2.05, 4.69) is 0 Å². The Hall–Kier alpha value is -2.38. The zero-order chi connectivity index (χ0) is 20.5. The Balaban J connectivity index is 1.82. The maximum Gasteiger partial charge on any atom is 0.411 e. The summed E-state index contributed by atoms with van der Waals surface area (Å²) >= 11 is 0. The first-order valence-corrected chi connectivity index (χ1v) is 10.5. The molecule has 1 atom stereocenters. The molecule has 1 unspecified atom stereocenters. The molecule has 7 heteroatoms. The molecule has 1 heterocycles. The average molecular weight is 404 g/mol. The molecule has 3 rings (SSSR count). The van der Waals surface area contributed by atoms with Crippen LogP contribution in [0.2, 0.25) is 0 Å². The molecule has 0 bridgehead atoms. The van der Waals surface area contributed by atoms with E-state index < -0.39 is 27.9 Å². The third kappa shape index (κ3) is 4.54. The molecule has 0 saturated heterocycles. The van der Waals surface area contributed by atoms with Gasteiger partial charge in [0.15, 0.2) is 0 Å². The summed E-state index contributed by atoms with van der Waals surface area (Å²) in [5, 5.41) is 0. The van der Waals surface area contributed by atoms with Crippen LogP contribution in [0, 0.1) is 6.92 Å². The number of benzene rings is 2. The quantitative estimate of drug-likeness (QED) is 0.716. The normalized spacial score (nSPS) is 16.7. The van der Waals surface area contributed by atoms with Crippen molar-refractivity contribution in [2.75, 3.05) is 6.61 Å². The molecule has 150 valence electrons. The monoisotopic (exact) mass is 403 g/mol. The number of carbonyl (C=O) groups is 1. The molecule has 0 N–H and O–H groups in total. The molecule has 0 aromatic heterocycles. The van der Waals surface area contributed by atoms with Gasteiger partial charge in [-0.05, 0) is 51.0 Å². The first-order chi connectivity index (χ1) is 13.1. The summed E-state index contributed by atoms with van der Waals surface area (Å²) in [6.07, 6.45) is -0.495. The number of rotatable bonds is 4. The van der Waals surface area contributed by atoms with E-state index in [1.165, 1.54) is 17.0 Å². The first kappa shape index (κ1) is 20.4. The molecule has 0 fully saturated rings. The predicted molar refractivity (Wildman–Crippen MR) is 105 cm³/mol. The lowest BCUT2D eigenvalue weighted by molar-refractivity contribution is 0.0126. The average Bonchev–Trinajstić information content (AvgIpc) is 2.98. The van der Waals surface area contributed by atoms with Gasteiger partial charge in [-0.3, -0.25) is 9.08 Å². The standard InChI is InChI=1S/C21H25NO5S/c1-15-9-11-17(12-10-15)28(24,25)26-14-19-18-8-6-5-7-16(18)13-22(19)20(23)27-21(2,3)4/h5-12,19H,13-14H2,1-4H3. The lowest BCUT2D eigenvalue weighted by Gasteiger charge is -2.28. The summed E-state index contributed by atoms with van der Waals surface area (Å²) in [5.74, 6) is 0. The molecule has 1 aliphatic heterocycles. The SMILES string of the molecule is Cc1ccc(S(=O)(=O)OCC2c3ccccc3CN2C(=O)OC(C)(C)C)cc1. The Morgan fingerprint density at radius 1 is 1.11 bits per heavy atom. The van der Waals surface area contributed by atoms with Crippen LogP contribution < -0.4 is 0 Å². The van der Waals surface area contributed by atoms with Gasteiger partial charge in [0.1, 0.15) is 5.60 Å². The van der Waals surface area contributed by atoms with Crippen LogP contribution in [-0.4, -0.2) is 31.6 Å². The van der Waals surface area contributed by atoms with Gasteiger partial charge >= 0.3 is 6.09 Å². The van der Waals surface area contributed by atoms with Crippen molar-refractivity contribution in [2.45, 2.75) is 50.8 Å². The van der Waals surface area contributed by atoms with Gasteiger partial charge in [-0.25, -0.2) is 4.79 Å². The molecule has 1 amide bonds. The number of amides is 1. The van der Waals surface area contributed by atoms with Crippen molar-refractivity contribution in [3.05, 3.63) is 65.2 Å². The summed E-state index contributed by atoms with van der Waals surface area (Å²) in [4.78, 5) is 14.3. The van der Waals surface area contributed by atoms with Gasteiger partial charge in [0, 0.05) is 0 Å². The van der Waals surface area contributed by atoms with Crippen molar-refractivity contribution in [1.29, 1.82) is 0 Å². The molecule has 0 aliphatic carbocycles. The highest BCUT2D eigenvalue weighted by Gasteiger charge is 2.37. The van der Waals surface area contributed by atoms with Gasteiger partial charge in [0.05, 0.1) is 24.1 Å². The second-order valence-corrected chi connectivity index (χ2v) is 9.49. The van der Waals surface area contributed by atoms with E-state index >= 15 is 0 Å². The van der Waals surface area contributed by atoms with Crippen LogP contribution >= 0.6 is 0 Å². The minimum absolute atomic E-state index is 0.0909. The highest BCUT2D eigenvalue weighted by atomic mass is 32.2. The van der Waals surface area contributed by atoms with E-state index in [4.69, 9.17) is 8.92 Å². The second-order valence-electron chi connectivity index (χ2n) is 7.87. The first-order valence-electron chi connectivity index (χ1n) is 9.10. The van der Waals surface area contributed by atoms with Gasteiger partial charge < -0.3 is 4.74 Å². The van der Waals surface area contributed by atoms with Crippen molar-refractivity contribution >= 4 is 16.2 Å². The summed E-state index contributed by atoms with van der Waals surface area (Å²) < 4.78 is 35.9. The van der Waals surface area contributed by atoms with Gasteiger partial charge in [-0.2, -0.15) is 8.42 Å². The van der Waals surface area contributed by atoms with Crippen molar-refractivity contribution < 1.29 is 22.1 Å². The van der Waals surface area contributed by atoms with E-state index in [1.54, 1.807) is 32.9 Å². The lowest BCUT2D eigenvalue weighted by Crippen LogP contribution is -2.37. The topological polar surface area (TPSA) is 72.9 Å².